The Balaban J connectivity index is 2.87. The summed E-state index contributed by atoms with van der Waals surface area (Å²) in [6, 6.07) is 4.33. The molecule has 1 aromatic rings. The summed E-state index contributed by atoms with van der Waals surface area (Å²) in [4.78, 5) is 17.8. The second kappa shape index (κ2) is 5.34. The van der Waals surface area contributed by atoms with Gasteiger partial charge in [0, 0.05) is 11.5 Å². The van der Waals surface area contributed by atoms with Crippen LogP contribution in [0.3, 0.4) is 0 Å². The summed E-state index contributed by atoms with van der Waals surface area (Å²) in [5.74, 6) is -1.65. The molecule has 7 heteroatoms. The van der Waals surface area contributed by atoms with E-state index in [1.54, 1.807) is 6.07 Å². The molecule has 0 aliphatic rings. The van der Waals surface area contributed by atoms with Gasteiger partial charge in [0.05, 0.1) is 12.3 Å². The van der Waals surface area contributed by atoms with E-state index < -0.39 is 11.7 Å². The van der Waals surface area contributed by atoms with Gasteiger partial charge in [0.15, 0.2) is 5.78 Å². The van der Waals surface area contributed by atoms with E-state index >= 15 is 0 Å². The lowest BCUT2D eigenvalue weighted by Crippen LogP contribution is -2.16. The SMILES string of the molecule is N#CC(CN=[N+]=[N-])C(=O)c1ccc(O)cn1. The molecule has 0 spiro atoms. The lowest BCUT2D eigenvalue weighted by Gasteiger charge is -2.03. The molecule has 7 nitrogen and oxygen atoms in total. The summed E-state index contributed by atoms with van der Waals surface area (Å²) >= 11 is 0. The van der Waals surface area contributed by atoms with Crippen LogP contribution >= 0.6 is 0 Å². The van der Waals surface area contributed by atoms with Crippen molar-refractivity contribution in [3.63, 3.8) is 0 Å². The van der Waals surface area contributed by atoms with Crippen LogP contribution in [0.4, 0.5) is 0 Å². The molecule has 0 amide bonds. The average molecular weight is 217 g/mol. The fourth-order valence-electron chi connectivity index (χ4n) is 1.01. The molecule has 0 aliphatic carbocycles. The summed E-state index contributed by atoms with van der Waals surface area (Å²) in [7, 11) is 0. The van der Waals surface area contributed by atoms with E-state index in [1.165, 1.54) is 12.1 Å². The zero-order valence-electron chi connectivity index (χ0n) is 8.11. The second-order valence-corrected chi connectivity index (χ2v) is 2.86. The highest BCUT2D eigenvalue weighted by Gasteiger charge is 2.19. The summed E-state index contributed by atoms with van der Waals surface area (Å²) < 4.78 is 0. The van der Waals surface area contributed by atoms with Gasteiger partial charge in [-0.1, -0.05) is 5.11 Å². The third kappa shape index (κ3) is 2.70. The molecule has 0 fully saturated rings. The van der Waals surface area contributed by atoms with E-state index in [-0.39, 0.29) is 18.0 Å². The minimum absolute atomic E-state index is 0.0532. The standard InChI is InChI=1S/C9H7N5O2/c10-3-6(4-13-14-11)9(16)8-2-1-7(15)5-12-8/h1-2,5-6,15H,4H2. The van der Waals surface area contributed by atoms with Crippen molar-refractivity contribution in [3.8, 4) is 11.8 Å². The minimum Gasteiger partial charge on any atom is -0.506 e. The molecule has 1 aromatic heterocycles. The Kier molecular flexibility index (Phi) is 3.83. The number of pyridine rings is 1. The lowest BCUT2D eigenvalue weighted by atomic mass is 10.0. The average Bonchev–Trinajstić information content (AvgIpc) is 2.30. The molecule has 0 saturated carbocycles. The van der Waals surface area contributed by atoms with Crippen molar-refractivity contribution in [1.29, 1.82) is 5.26 Å². The molecule has 1 N–H and O–H groups in total. The predicted octanol–water partition coefficient (Wildman–Crippen LogP) is 1.42. The van der Waals surface area contributed by atoms with Crippen LogP contribution in [-0.4, -0.2) is 22.4 Å². The third-order valence-corrected chi connectivity index (χ3v) is 1.80. The molecule has 1 rings (SSSR count). The lowest BCUT2D eigenvalue weighted by molar-refractivity contribution is 0.0947. The smallest absolute Gasteiger partial charge is 0.198 e. The van der Waals surface area contributed by atoms with E-state index in [0.29, 0.717) is 0 Å². The van der Waals surface area contributed by atoms with Crippen LogP contribution in [0.1, 0.15) is 10.5 Å². The molecule has 0 aromatic carbocycles. The first-order chi connectivity index (χ1) is 7.69. The van der Waals surface area contributed by atoms with E-state index in [2.05, 4.69) is 15.0 Å². The number of azide groups is 1. The Labute approximate surface area is 90.6 Å². The van der Waals surface area contributed by atoms with Gasteiger partial charge in [0.2, 0.25) is 0 Å². The van der Waals surface area contributed by atoms with Crippen molar-refractivity contribution >= 4 is 5.78 Å². The van der Waals surface area contributed by atoms with Crippen LogP contribution in [0.15, 0.2) is 23.4 Å². The molecule has 0 bridgehead atoms. The van der Waals surface area contributed by atoms with Crippen LogP contribution in [0, 0.1) is 17.2 Å². The van der Waals surface area contributed by atoms with Crippen molar-refractivity contribution in [2.24, 2.45) is 11.0 Å². The highest BCUT2D eigenvalue weighted by Crippen LogP contribution is 2.10. The number of nitrogens with zero attached hydrogens (tertiary/aromatic N) is 5. The normalized spacial score (nSPS) is 10.9. The summed E-state index contributed by atoms with van der Waals surface area (Å²) in [6.07, 6.45) is 1.11. The maximum Gasteiger partial charge on any atom is 0.198 e. The number of ketones is 1. The molecule has 16 heavy (non-hydrogen) atoms. The summed E-state index contributed by atoms with van der Waals surface area (Å²) in [5, 5.41) is 20.8. The fourth-order valence-corrected chi connectivity index (χ4v) is 1.01. The summed E-state index contributed by atoms with van der Waals surface area (Å²) in [5.41, 5.74) is 8.14. The van der Waals surface area contributed by atoms with E-state index in [4.69, 9.17) is 15.9 Å². The highest BCUT2D eigenvalue weighted by molar-refractivity contribution is 5.97. The number of hydrogen-bond donors (Lipinski definition) is 1. The van der Waals surface area contributed by atoms with Crippen molar-refractivity contribution in [2.75, 3.05) is 6.54 Å². The Morgan fingerprint density at radius 2 is 2.50 bits per heavy atom. The molecular formula is C9H7N5O2. The van der Waals surface area contributed by atoms with Gasteiger partial charge in [-0.15, -0.1) is 0 Å². The first-order valence-electron chi connectivity index (χ1n) is 4.28. The van der Waals surface area contributed by atoms with Crippen LogP contribution in [0.25, 0.3) is 10.4 Å². The van der Waals surface area contributed by atoms with E-state index in [9.17, 15) is 4.79 Å². The number of carbonyl (C=O) groups excluding carboxylic acids is 1. The molecule has 0 radical (unpaired) electrons. The van der Waals surface area contributed by atoms with Gasteiger partial charge in [-0.25, -0.2) is 4.98 Å². The van der Waals surface area contributed by atoms with Gasteiger partial charge in [0.25, 0.3) is 0 Å². The Hall–Kier alpha value is -2.58. The first kappa shape index (κ1) is 11.5. The van der Waals surface area contributed by atoms with Crippen molar-refractivity contribution < 1.29 is 9.90 Å². The molecule has 1 unspecified atom stereocenters. The Morgan fingerprint density at radius 3 is 3.00 bits per heavy atom. The van der Waals surface area contributed by atoms with Crippen LogP contribution in [0.5, 0.6) is 5.75 Å². The Morgan fingerprint density at radius 1 is 1.75 bits per heavy atom. The molecule has 80 valence electrons. The third-order valence-electron chi connectivity index (χ3n) is 1.80. The molecule has 1 heterocycles. The number of aromatic hydroxyl groups is 1. The van der Waals surface area contributed by atoms with Crippen molar-refractivity contribution in [2.45, 2.75) is 0 Å². The fraction of sp³-hybridized carbons (Fsp3) is 0.222. The van der Waals surface area contributed by atoms with Crippen LogP contribution in [0.2, 0.25) is 0 Å². The molecule has 1 atom stereocenters. The number of aromatic nitrogens is 1. The maximum absolute atomic E-state index is 11.6. The number of Topliss-reactive ketones (excluding diaryl/α,β-unsaturated/α-hetero) is 1. The number of nitriles is 1. The zero-order chi connectivity index (χ0) is 12.0. The van der Waals surface area contributed by atoms with Crippen molar-refractivity contribution in [3.05, 3.63) is 34.5 Å². The predicted molar refractivity (Wildman–Crippen MR) is 53.3 cm³/mol. The molecule has 0 aliphatic heterocycles. The number of hydrogen-bond acceptors (Lipinski definition) is 5. The number of carbonyl (C=O) groups is 1. The van der Waals surface area contributed by atoms with Gasteiger partial charge in [0.1, 0.15) is 17.4 Å². The van der Waals surface area contributed by atoms with Crippen LogP contribution < -0.4 is 0 Å². The maximum atomic E-state index is 11.6. The minimum atomic E-state index is -1.05. The van der Waals surface area contributed by atoms with Gasteiger partial charge in [-0.2, -0.15) is 5.26 Å². The number of rotatable bonds is 4. The topological polar surface area (TPSA) is 123 Å². The van der Waals surface area contributed by atoms with Gasteiger partial charge < -0.3 is 5.11 Å². The van der Waals surface area contributed by atoms with E-state index in [0.717, 1.165) is 6.20 Å². The quantitative estimate of drug-likeness (QED) is 0.354. The van der Waals surface area contributed by atoms with Gasteiger partial charge in [-0.3, -0.25) is 4.79 Å². The van der Waals surface area contributed by atoms with E-state index in [1.807, 2.05) is 0 Å². The Bertz CT molecular complexity index is 470. The zero-order valence-corrected chi connectivity index (χ0v) is 8.11. The van der Waals surface area contributed by atoms with Crippen LogP contribution in [-0.2, 0) is 0 Å². The largest absolute Gasteiger partial charge is 0.506 e. The van der Waals surface area contributed by atoms with Gasteiger partial charge in [-0.05, 0) is 17.7 Å². The molecule has 0 saturated heterocycles. The van der Waals surface area contributed by atoms with Gasteiger partial charge >= 0.3 is 0 Å². The monoisotopic (exact) mass is 217 g/mol. The van der Waals surface area contributed by atoms with Crippen molar-refractivity contribution in [1.82, 2.24) is 4.98 Å². The first-order valence-corrected chi connectivity index (χ1v) is 4.28. The molecular weight excluding hydrogens is 210 g/mol. The summed E-state index contributed by atoms with van der Waals surface area (Å²) in [6.45, 7) is -0.228. The highest BCUT2D eigenvalue weighted by atomic mass is 16.3. The second-order valence-electron chi connectivity index (χ2n) is 2.86.